The summed E-state index contributed by atoms with van der Waals surface area (Å²) < 4.78 is 43.5. The monoisotopic (exact) mass is 380 g/mol. The van der Waals surface area contributed by atoms with E-state index in [1.54, 1.807) is 30.7 Å². The van der Waals surface area contributed by atoms with Gasteiger partial charge in [0, 0.05) is 30.3 Å². The van der Waals surface area contributed by atoms with E-state index in [-0.39, 0.29) is 12.3 Å². The molecule has 0 aliphatic heterocycles. The molecule has 0 atom stereocenters. The molecule has 1 aromatic carbocycles. The molecule has 0 saturated heterocycles. The second-order valence-corrected chi connectivity index (χ2v) is 6.75. The number of aromatic nitrogens is 1. The molecule has 0 aliphatic carbocycles. The van der Waals surface area contributed by atoms with Gasteiger partial charge in [-0.05, 0) is 23.8 Å². The first-order valence-electron chi connectivity index (χ1n) is 7.83. The smallest absolute Gasteiger partial charge is 0.416 e. The maximum atomic E-state index is 12.8. The third kappa shape index (κ3) is 4.95. The number of nitrogens with zero attached hydrogens (tertiary/aromatic N) is 1. The van der Waals surface area contributed by atoms with Gasteiger partial charge in [0.05, 0.1) is 11.8 Å². The fourth-order valence-corrected chi connectivity index (χ4v) is 3.24. The van der Waals surface area contributed by atoms with Gasteiger partial charge in [-0.1, -0.05) is 18.2 Å². The lowest BCUT2D eigenvalue weighted by Gasteiger charge is -2.07. The van der Waals surface area contributed by atoms with Crippen LogP contribution in [-0.2, 0) is 23.8 Å². The topological polar surface area (TPSA) is 55.1 Å². The minimum absolute atomic E-state index is 0.193. The van der Waals surface area contributed by atoms with Crippen molar-refractivity contribution < 1.29 is 22.4 Å². The maximum Gasteiger partial charge on any atom is 0.416 e. The Kier molecular flexibility index (Phi) is 5.41. The molecular formula is C18H15F3N2O2S. The van der Waals surface area contributed by atoms with Crippen LogP contribution in [0.25, 0.3) is 0 Å². The molecule has 3 aromatic rings. The Labute approximate surface area is 151 Å². The highest BCUT2D eigenvalue weighted by atomic mass is 32.1. The minimum Gasteiger partial charge on any atom is -0.469 e. The van der Waals surface area contributed by atoms with Crippen LogP contribution in [-0.4, -0.2) is 10.9 Å². The highest BCUT2D eigenvalue weighted by Gasteiger charge is 2.30. The molecule has 0 spiro atoms. The van der Waals surface area contributed by atoms with Crippen LogP contribution >= 0.6 is 11.3 Å². The number of carbonyl (C=O) groups is 1. The van der Waals surface area contributed by atoms with Crippen LogP contribution in [0.2, 0.25) is 0 Å². The molecule has 136 valence electrons. The van der Waals surface area contributed by atoms with Gasteiger partial charge in [-0.2, -0.15) is 13.2 Å². The number of benzene rings is 1. The number of hydrogen-bond donors (Lipinski definition) is 1. The zero-order valence-corrected chi connectivity index (χ0v) is 14.4. The van der Waals surface area contributed by atoms with E-state index in [4.69, 9.17) is 4.42 Å². The van der Waals surface area contributed by atoms with Crippen molar-refractivity contribution in [2.75, 3.05) is 5.32 Å². The van der Waals surface area contributed by atoms with Crippen LogP contribution in [0.4, 0.5) is 18.3 Å². The summed E-state index contributed by atoms with van der Waals surface area (Å²) in [5.74, 6) is 0.533. The molecule has 1 amide bonds. The molecule has 0 fully saturated rings. The molecule has 0 aliphatic rings. The van der Waals surface area contributed by atoms with Crippen molar-refractivity contribution in [2.45, 2.75) is 25.4 Å². The minimum atomic E-state index is -4.36. The van der Waals surface area contributed by atoms with Crippen LogP contribution < -0.4 is 5.32 Å². The molecule has 1 N–H and O–H groups in total. The SMILES string of the molecule is O=C(CCc1ccco1)Nc1ncc(Cc2cccc(C(F)(F)F)c2)s1. The molecule has 0 radical (unpaired) electrons. The van der Waals surface area contributed by atoms with E-state index >= 15 is 0 Å². The summed E-state index contributed by atoms with van der Waals surface area (Å²) in [5, 5.41) is 3.12. The molecule has 3 rings (SSSR count). The maximum absolute atomic E-state index is 12.8. The van der Waals surface area contributed by atoms with E-state index in [1.165, 1.54) is 17.4 Å². The van der Waals surface area contributed by atoms with Gasteiger partial charge < -0.3 is 9.73 Å². The third-order valence-electron chi connectivity index (χ3n) is 3.61. The third-order valence-corrected chi connectivity index (χ3v) is 4.52. The number of anilines is 1. The van der Waals surface area contributed by atoms with Crippen LogP contribution in [0.5, 0.6) is 0 Å². The van der Waals surface area contributed by atoms with Crippen LogP contribution in [0.15, 0.2) is 53.3 Å². The summed E-state index contributed by atoms with van der Waals surface area (Å²) in [4.78, 5) is 16.8. The lowest BCUT2D eigenvalue weighted by molar-refractivity contribution is -0.137. The Morgan fingerprint density at radius 3 is 2.81 bits per heavy atom. The number of aryl methyl sites for hydroxylation is 1. The first-order chi connectivity index (χ1) is 12.4. The zero-order chi connectivity index (χ0) is 18.6. The summed E-state index contributed by atoms with van der Waals surface area (Å²) in [6.45, 7) is 0. The van der Waals surface area contributed by atoms with E-state index in [1.807, 2.05) is 0 Å². The van der Waals surface area contributed by atoms with Gasteiger partial charge >= 0.3 is 6.18 Å². The largest absolute Gasteiger partial charge is 0.469 e. The number of carbonyl (C=O) groups excluding carboxylic acids is 1. The summed E-state index contributed by atoms with van der Waals surface area (Å²) in [6.07, 6.45) is -0.181. The summed E-state index contributed by atoms with van der Waals surface area (Å²) >= 11 is 1.24. The lowest BCUT2D eigenvalue weighted by Crippen LogP contribution is -2.11. The van der Waals surface area contributed by atoms with Gasteiger partial charge in [0.2, 0.25) is 5.91 Å². The summed E-state index contributed by atoms with van der Waals surface area (Å²) in [6, 6.07) is 8.74. The van der Waals surface area contributed by atoms with Gasteiger partial charge in [-0.15, -0.1) is 11.3 Å². The second kappa shape index (κ2) is 7.74. The van der Waals surface area contributed by atoms with Crippen molar-refractivity contribution in [3.8, 4) is 0 Å². The molecule has 8 heteroatoms. The van der Waals surface area contributed by atoms with Crippen LogP contribution in [0.1, 0.15) is 28.2 Å². The quantitative estimate of drug-likeness (QED) is 0.661. The van der Waals surface area contributed by atoms with Gasteiger partial charge in [0.1, 0.15) is 5.76 Å². The predicted molar refractivity (Wildman–Crippen MR) is 92.0 cm³/mol. The Morgan fingerprint density at radius 1 is 1.23 bits per heavy atom. The van der Waals surface area contributed by atoms with Crippen molar-refractivity contribution >= 4 is 22.4 Å². The van der Waals surface area contributed by atoms with Crippen molar-refractivity contribution in [1.82, 2.24) is 4.98 Å². The molecule has 2 heterocycles. The molecular weight excluding hydrogens is 365 g/mol. The van der Waals surface area contributed by atoms with E-state index in [0.29, 0.717) is 23.5 Å². The van der Waals surface area contributed by atoms with Crippen LogP contribution in [0.3, 0.4) is 0 Å². The Balaban J connectivity index is 1.57. The molecule has 26 heavy (non-hydrogen) atoms. The number of furan rings is 1. The number of nitrogens with one attached hydrogen (secondary N) is 1. The standard InChI is InChI=1S/C18H15F3N2O2S/c19-18(20,21)13-4-1-3-12(9-13)10-15-11-22-17(26-15)23-16(24)7-6-14-5-2-8-25-14/h1-5,8-9,11H,6-7,10H2,(H,22,23,24). The van der Waals surface area contributed by atoms with Crippen molar-refractivity contribution in [2.24, 2.45) is 0 Å². The fraction of sp³-hybridized carbons (Fsp3) is 0.222. The number of hydrogen-bond acceptors (Lipinski definition) is 4. The Bertz CT molecular complexity index is 873. The van der Waals surface area contributed by atoms with E-state index < -0.39 is 11.7 Å². The highest BCUT2D eigenvalue weighted by Crippen LogP contribution is 2.30. The van der Waals surface area contributed by atoms with Gasteiger partial charge in [0.15, 0.2) is 5.13 Å². The predicted octanol–water partition coefficient (Wildman–Crippen LogP) is 4.92. The molecule has 0 unspecified atom stereocenters. The first-order valence-corrected chi connectivity index (χ1v) is 8.65. The molecule has 0 saturated carbocycles. The summed E-state index contributed by atoms with van der Waals surface area (Å²) in [5.41, 5.74) is -0.134. The van der Waals surface area contributed by atoms with Crippen molar-refractivity contribution in [3.63, 3.8) is 0 Å². The van der Waals surface area contributed by atoms with Gasteiger partial charge in [0.25, 0.3) is 0 Å². The van der Waals surface area contributed by atoms with E-state index in [0.717, 1.165) is 22.8 Å². The lowest BCUT2D eigenvalue weighted by atomic mass is 10.1. The normalized spacial score (nSPS) is 11.5. The fourth-order valence-electron chi connectivity index (χ4n) is 2.38. The number of halogens is 3. The van der Waals surface area contributed by atoms with Gasteiger partial charge in [-0.3, -0.25) is 4.79 Å². The van der Waals surface area contributed by atoms with Crippen LogP contribution in [0, 0.1) is 0 Å². The molecule has 4 nitrogen and oxygen atoms in total. The number of alkyl halides is 3. The van der Waals surface area contributed by atoms with Crippen molar-refractivity contribution in [3.05, 3.63) is 70.6 Å². The second-order valence-electron chi connectivity index (χ2n) is 5.63. The Morgan fingerprint density at radius 2 is 2.08 bits per heavy atom. The summed E-state index contributed by atoms with van der Waals surface area (Å²) in [7, 11) is 0. The van der Waals surface area contributed by atoms with E-state index in [2.05, 4.69) is 10.3 Å². The number of amides is 1. The van der Waals surface area contributed by atoms with E-state index in [9.17, 15) is 18.0 Å². The number of rotatable bonds is 6. The average molecular weight is 380 g/mol. The molecule has 0 bridgehead atoms. The zero-order valence-electron chi connectivity index (χ0n) is 13.5. The number of thiazole rings is 1. The van der Waals surface area contributed by atoms with Crippen molar-refractivity contribution in [1.29, 1.82) is 0 Å². The molecule has 2 aromatic heterocycles. The Hall–Kier alpha value is -2.61. The highest BCUT2D eigenvalue weighted by molar-refractivity contribution is 7.15. The van der Waals surface area contributed by atoms with Gasteiger partial charge in [-0.25, -0.2) is 4.98 Å². The average Bonchev–Trinajstić information content (AvgIpc) is 3.24. The first kappa shape index (κ1) is 18.2.